The summed E-state index contributed by atoms with van der Waals surface area (Å²) in [6.45, 7) is 1.14. The minimum absolute atomic E-state index is 0.0887. The third-order valence-corrected chi connectivity index (χ3v) is 3.42. The van der Waals surface area contributed by atoms with Crippen molar-refractivity contribution in [3.8, 4) is 0 Å². The number of nitrogens with zero attached hydrogens (tertiary/aromatic N) is 1. The largest absolute Gasteiger partial charge is 0.418 e. The predicted octanol–water partition coefficient (Wildman–Crippen LogP) is 2.24. The van der Waals surface area contributed by atoms with Crippen LogP contribution in [0, 0.1) is 5.92 Å². The molecule has 1 saturated heterocycles. The lowest BCUT2D eigenvalue weighted by Crippen LogP contribution is -2.27. The molecule has 22 heavy (non-hydrogen) atoms. The fraction of sp³-hybridized carbons (Fsp3) is 0.412. The van der Waals surface area contributed by atoms with Crippen molar-refractivity contribution in [1.82, 2.24) is 4.90 Å². The van der Waals surface area contributed by atoms with Crippen LogP contribution in [-0.4, -0.2) is 44.0 Å². The Hall–Kier alpha value is -2.14. The number of rotatable bonds is 5. The van der Waals surface area contributed by atoms with E-state index in [0.29, 0.717) is 31.6 Å². The highest BCUT2D eigenvalue weighted by Gasteiger charge is 2.27. The average Bonchev–Trinajstić information content (AvgIpc) is 2.54. The molecule has 118 valence electrons. The average molecular weight is 303 g/mol. The van der Waals surface area contributed by atoms with Gasteiger partial charge in [-0.2, -0.15) is 0 Å². The molecule has 1 aromatic rings. The number of ether oxygens (including phenoxy) is 2. The third kappa shape index (κ3) is 4.43. The van der Waals surface area contributed by atoms with Crippen molar-refractivity contribution in [3.63, 3.8) is 0 Å². The standard InChI is InChI=1S/C17H21NO4/c1-18(2)12-15(16(19)13-8-10-21-11-9-13)22-17(20)14-6-4-3-5-7-14/h3-7,12-13H,8-11H2,1-2H3/b15-12-. The molecule has 0 aromatic heterocycles. The van der Waals surface area contributed by atoms with Crippen LogP contribution in [0.4, 0.5) is 0 Å². The van der Waals surface area contributed by atoms with Gasteiger partial charge in [0.2, 0.25) is 5.78 Å². The first-order chi connectivity index (χ1) is 10.6. The Kier molecular flexibility index (Phi) is 5.72. The van der Waals surface area contributed by atoms with Gasteiger partial charge in [0, 0.05) is 39.4 Å². The number of carbonyl (C=O) groups is 2. The van der Waals surface area contributed by atoms with Crippen molar-refractivity contribution < 1.29 is 19.1 Å². The number of allylic oxidation sites excluding steroid dienone is 1. The van der Waals surface area contributed by atoms with Gasteiger partial charge in [0.25, 0.3) is 0 Å². The van der Waals surface area contributed by atoms with E-state index in [2.05, 4.69) is 0 Å². The fourth-order valence-corrected chi connectivity index (χ4v) is 2.27. The molecule has 1 heterocycles. The minimum Gasteiger partial charge on any atom is -0.418 e. The third-order valence-electron chi connectivity index (χ3n) is 3.42. The highest BCUT2D eigenvalue weighted by molar-refractivity contribution is 6.00. The molecule has 0 unspecified atom stereocenters. The van der Waals surface area contributed by atoms with Gasteiger partial charge in [-0.1, -0.05) is 18.2 Å². The number of hydrogen-bond donors (Lipinski definition) is 0. The van der Waals surface area contributed by atoms with Crippen molar-refractivity contribution in [3.05, 3.63) is 47.9 Å². The van der Waals surface area contributed by atoms with Gasteiger partial charge in [-0.25, -0.2) is 4.79 Å². The van der Waals surface area contributed by atoms with E-state index in [1.165, 1.54) is 0 Å². The van der Waals surface area contributed by atoms with Crippen LogP contribution in [0.2, 0.25) is 0 Å². The lowest BCUT2D eigenvalue weighted by atomic mass is 9.94. The number of hydrogen-bond acceptors (Lipinski definition) is 5. The molecule has 0 radical (unpaired) electrons. The van der Waals surface area contributed by atoms with Gasteiger partial charge in [0.15, 0.2) is 5.76 Å². The molecular formula is C17H21NO4. The molecule has 0 spiro atoms. The van der Waals surface area contributed by atoms with Gasteiger partial charge in [0.1, 0.15) is 0 Å². The smallest absolute Gasteiger partial charge is 0.343 e. The van der Waals surface area contributed by atoms with Crippen molar-refractivity contribution >= 4 is 11.8 Å². The first kappa shape index (κ1) is 16.2. The minimum atomic E-state index is -0.519. The highest BCUT2D eigenvalue weighted by Crippen LogP contribution is 2.21. The van der Waals surface area contributed by atoms with Gasteiger partial charge in [-0.3, -0.25) is 4.79 Å². The Labute approximate surface area is 130 Å². The van der Waals surface area contributed by atoms with E-state index in [0.717, 1.165) is 0 Å². The molecule has 2 rings (SSSR count). The Morgan fingerprint density at radius 3 is 2.41 bits per heavy atom. The van der Waals surface area contributed by atoms with Gasteiger partial charge in [0.05, 0.1) is 5.56 Å². The van der Waals surface area contributed by atoms with E-state index in [1.807, 2.05) is 6.07 Å². The summed E-state index contributed by atoms with van der Waals surface area (Å²) in [6.07, 6.45) is 2.87. The first-order valence-electron chi connectivity index (χ1n) is 7.35. The zero-order valence-corrected chi connectivity index (χ0v) is 13.0. The molecule has 0 saturated carbocycles. The monoisotopic (exact) mass is 303 g/mol. The normalized spacial score (nSPS) is 16.2. The molecule has 1 aliphatic rings. The predicted molar refractivity (Wildman–Crippen MR) is 82.2 cm³/mol. The molecule has 0 N–H and O–H groups in total. The van der Waals surface area contributed by atoms with E-state index >= 15 is 0 Å². The van der Waals surface area contributed by atoms with E-state index in [9.17, 15) is 9.59 Å². The van der Waals surface area contributed by atoms with Gasteiger partial charge in [-0.15, -0.1) is 0 Å². The Bertz CT molecular complexity index is 545. The molecule has 1 aliphatic heterocycles. The summed E-state index contributed by atoms with van der Waals surface area (Å²) >= 11 is 0. The topological polar surface area (TPSA) is 55.8 Å². The first-order valence-corrected chi connectivity index (χ1v) is 7.35. The maximum absolute atomic E-state index is 12.6. The molecule has 0 bridgehead atoms. The molecule has 1 aromatic carbocycles. The van der Waals surface area contributed by atoms with Crippen LogP contribution in [0.15, 0.2) is 42.3 Å². The van der Waals surface area contributed by atoms with Crippen LogP contribution in [-0.2, 0) is 14.3 Å². The molecule has 0 amide bonds. The zero-order valence-electron chi connectivity index (χ0n) is 13.0. The summed E-state index contributed by atoms with van der Waals surface area (Å²) in [7, 11) is 3.57. The van der Waals surface area contributed by atoms with E-state index < -0.39 is 5.97 Å². The second kappa shape index (κ2) is 7.75. The van der Waals surface area contributed by atoms with Crippen molar-refractivity contribution in [1.29, 1.82) is 0 Å². The Morgan fingerprint density at radius 1 is 1.18 bits per heavy atom. The molecule has 5 nitrogen and oxygen atoms in total. The van der Waals surface area contributed by atoms with E-state index in [1.54, 1.807) is 49.5 Å². The number of benzene rings is 1. The van der Waals surface area contributed by atoms with Crippen LogP contribution in [0.1, 0.15) is 23.2 Å². The van der Waals surface area contributed by atoms with E-state index in [4.69, 9.17) is 9.47 Å². The number of Topliss-reactive ketones (excluding diaryl/α,β-unsaturated/α-hetero) is 1. The number of carbonyl (C=O) groups excluding carboxylic acids is 2. The van der Waals surface area contributed by atoms with Gasteiger partial charge >= 0.3 is 5.97 Å². The van der Waals surface area contributed by atoms with Crippen molar-refractivity contribution in [2.75, 3.05) is 27.3 Å². The van der Waals surface area contributed by atoms with Crippen LogP contribution < -0.4 is 0 Å². The molecule has 0 atom stereocenters. The number of esters is 1. The molecule has 1 fully saturated rings. The maximum Gasteiger partial charge on any atom is 0.343 e. The molecular weight excluding hydrogens is 282 g/mol. The SMILES string of the molecule is CN(C)/C=C(\OC(=O)c1ccccc1)C(=O)C1CCOCC1. The molecule has 5 heteroatoms. The van der Waals surface area contributed by atoms with Crippen molar-refractivity contribution in [2.24, 2.45) is 5.92 Å². The maximum atomic E-state index is 12.6. The van der Waals surface area contributed by atoms with Crippen LogP contribution in [0.25, 0.3) is 0 Å². The summed E-state index contributed by atoms with van der Waals surface area (Å²) in [5.74, 6) is -0.718. The summed E-state index contributed by atoms with van der Waals surface area (Å²) in [4.78, 5) is 26.4. The Balaban J connectivity index is 2.12. The number of ketones is 1. The Morgan fingerprint density at radius 2 is 1.82 bits per heavy atom. The van der Waals surface area contributed by atoms with Crippen molar-refractivity contribution in [2.45, 2.75) is 12.8 Å². The van der Waals surface area contributed by atoms with Crippen LogP contribution in [0.3, 0.4) is 0 Å². The lowest BCUT2D eigenvalue weighted by Gasteiger charge is -2.22. The van der Waals surface area contributed by atoms with Gasteiger partial charge in [-0.05, 0) is 25.0 Å². The van der Waals surface area contributed by atoms with Crippen LogP contribution in [0.5, 0.6) is 0 Å². The molecule has 0 aliphatic carbocycles. The summed E-state index contributed by atoms with van der Waals surface area (Å²) < 4.78 is 10.6. The highest BCUT2D eigenvalue weighted by atomic mass is 16.5. The summed E-state index contributed by atoms with van der Waals surface area (Å²) in [5, 5.41) is 0. The second-order valence-corrected chi connectivity index (χ2v) is 5.46. The summed E-state index contributed by atoms with van der Waals surface area (Å²) in [6, 6.07) is 8.65. The fourth-order valence-electron chi connectivity index (χ4n) is 2.27. The quantitative estimate of drug-likeness (QED) is 0.474. The zero-order chi connectivity index (χ0) is 15.9. The summed E-state index contributed by atoms with van der Waals surface area (Å²) in [5.41, 5.74) is 0.423. The lowest BCUT2D eigenvalue weighted by molar-refractivity contribution is -0.124. The second-order valence-electron chi connectivity index (χ2n) is 5.46. The van der Waals surface area contributed by atoms with Crippen LogP contribution >= 0.6 is 0 Å². The van der Waals surface area contributed by atoms with Gasteiger partial charge < -0.3 is 14.4 Å². The van der Waals surface area contributed by atoms with E-state index in [-0.39, 0.29) is 17.5 Å².